The fraction of sp³-hybridized carbons (Fsp3) is 0.346. The molecule has 192 valence electrons. The number of amides is 2. The second kappa shape index (κ2) is 10.5. The molecule has 10 nitrogen and oxygen atoms in total. The number of nitrogens with zero attached hydrogens (tertiary/aromatic N) is 5. The van der Waals surface area contributed by atoms with E-state index in [1.807, 2.05) is 24.2 Å². The van der Waals surface area contributed by atoms with Gasteiger partial charge in [0.2, 0.25) is 5.91 Å². The van der Waals surface area contributed by atoms with Crippen molar-refractivity contribution in [2.75, 3.05) is 30.3 Å². The third kappa shape index (κ3) is 5.83. The first kappa shape index (κ1) is 24.6. The number of H-pyrrole nitrogens is 1. The summed E-state index contributed by atoms with van der Waals surface area (Å²) in [4.78, 5) is 39.5. The zero-order valence-corrected chi connectivity index (χ0v) is 20.8. The zero-order chi connectivity index (χ0) is 25.9. The molecule has 37 heavy (non-hydrogen) atoms. The molecule has 0 bridgehead atoms. The van der Waals surface area contributed by atoms with Crippen LogP contribution in [-0.4, -0.2) is 67.3 Å². The minimum Gasteiger partial charge on any atom is -0.339 e. The molecule has 5 rings (SSSR count). The molecule has 5 heterocycles. The number of halogens is 1. The van der Waals surface area contributed by atoms with Crippen LogP contribution >= 0.6 is 0 Å². The Bertz CT molecular complexity index is 1450. The molecule has 0 radical (unpaired) electrons. The monoisotopic (exact) mass is 504 g/mol. The molecule has 4 aromatic heterocycles. The number of likely N-dealkylation sites (tertiary alicyclic amines) is 1. The molecule has 4 aromatic rings. The van der Waals surface area contributed by atoms with Crippen LogP contribution in [0.5, 0.6) is 0 Å². The molecule has 1 unspecified atom stereocenters. The number of rotatable bonds is 6. The highest BCUT2D eigenvalue weighted by Crippen LogP contribution is 2.24. The van der Waals surface area contributed by atoms with Gasteiger partial charge in [-0.25, -0.2) is 9.37 Å². The lowest BCUT2D eigenvalue weighted by Gasteiger charge is -2.19. The fourth-order valence-corrected chi connectivity index (χ4v) is 4.45. The van der Waals surface area contributed by atoms with Gasteiger partial charge < -0.3 is 15.6 Å². The summed E-state index contributed by atoms with van der Waals surface area (Å²) in [5.74, 6) is -0.538. The van der Waals surface area contributed by atoms with Crippen LogP contribution in [0.15, 0.2) is 43.0 Å². The molecule has 11 heteroatoms. The Hall–Kier alpha value is -4.12. The van der Waals surface area contributed by atoms with Crippen molar-refractivity contribution in [1.29, 1.82) is 0 Å². The molecule has 0 spiro atoms. The molecule has 1 fully saturated rings. The van der Waals surface area contributed by atoms with Crippen LogP contribution in [0.1, 0.15) is 35.3 Å². The van der Waals surface area contributed by atoms with Crippen molar-refractivity contribution >= 4 is 34.2 Å². The van der Waals surface area contributed by atoms with Crippen LogP contribution in [0.2, 0.25) is 0 Å². The molecule has 0 saturated carbocycles. The number of hydrogen-bond donors (Lipinski definition) is 3. The average molecular weight is 505 g/mol. The van der Waals surface area contributed by atoms with E-state index < -0.39 is 6.17 Å². The number of alkyl halides is 1. The first-order valence-corrected chi connectivity index (χ1v) is 12.3. The topological polar surface area (TPSA) is 121 Å². The van der Waals surface area contributed by atoms with Gasteiger partial charge in [0.25, 0.3) is 5.91 Å². The summed E-state index contributed by atoms with van der Waals surface area (Å²) in [6.45, 7) is 3.22. The number of carbonyl (C=O) groups excluding carboxylic acids is 2. The minimum absolute atomic E-state index is 0.186. The van der Waals surface area contributed by atoms with Crippen LogP contribution in [0.25, 0.3) is 22.3 Å². The molecule has 1 atom stereocenters. The van der Waals surface area contributed by atoms with E-state index in [1.54, 1.807) is 36.1 Å². The summed E-state index contributed by atoms with van der Waals surface area (Å²) in [6.07, 6.45) is 7.66. The maximum atomic E-state index is 13.6. The Morgan fingerprint density at radius 1 is 1.11 bits per heavy atom. The van der Waals surface area contributed by atoms with E-state index in [4.69, 9.17) is 0 Å². The lowest BCUT2D eigenvalue weighted by molar-refractivity contribution is -0.117. The van der Waals surface area contributed by atoms with Gasteiger partial charge in [0.15, 0.2) is 0 Å². The molecule has 0 aliphatic carbocycles. The molecule has 3 N–H and O–H groups in total. The van der Waals surface area contributed by atoms with Gasteiger partial charge in [-0.05, 0) is 50.9 Å². The molecular formula is C26H29FN8O2. The number of aromatic nitrogens is 5. The first-order chi connectivity index (χ1) is 17.8. The Morgan fingerprint density at radius 2 is 1.97 bits per heavy atom. The third-order valence-electron chi connectivity index (χ3n) is 6.48. The van der Waals surface area contributed by atoms with Gasteiger partial charge in [0, 0.05) is 36.9 Å². The van der Waals surface area contributed by atoms with Crippen molar-refractivity contribution in [3.8, 4) is 11.3 Å². The van der Waals surface area contributed by atoms with Crippen LogP contribution < -0.4 is 10.6 Å². The van der Waals surface area contributed by atoms with Crippen LogP contribution in [0.4, 0.5) is 15.8 Å². The Morgan fingerprint density at radius 3 is 2.78 bits per heavy atom. The van der Waals surface area contributed by atoms with Crippen molar-refractivity contribution < 1.29 is 14.0 Å². The number of pyridine rings is 2. The van der Waals surface area contributed by atoms with E-state index in [9.17, 15) is 14.0 Å². The van der Waals surface area contributed by atoms with Crippen molar-refractivity contribution in [2.24, 2.45) is 7.05 Å². The normalized spacial score (nSPS) is 16.5. The smallest absolute Gasteiger partial charge is 0.257 e. The van der Waals surface area contributed by atoms with Crippen LogP contribution in [-0.2, 0) is 11.8 Å². The predicted octanol–water partition coefficient (Wildman–Crippen LogP) is 3.68. The van der Waals surface area contributed by atoms with Gasteiger partial charge in [-0.15, -0.1) is 0 Å². The van der Waals surface area contributed by atoms with E-state index in [2.05, 4.69) is 30.7 Å². The van der Waals surface area contributed by atoms with Crippen LogP contribution in [0, 0.1) is 6.92 Å². The quantitative estimate of drug-likeness (QED) is 0.368. The maximum Gasteiger partial charge on any atom is 0.257 e. The number of fused-ring (bicyclic) bond motifs is 1. The highest BCUT2D eigenvalue weighted by Gasteiger charge is 2.19. The van der Waals surface area contributed by atoms with E-state index in [0.717, 1.165) is 23.1 Å². The number of hydrogen-bond acceptors (Lipinski definition) is 6. The van der Waals surface area contributed by atoms with Crippen molar-refractivity contribution in [2.45, 2.75) is 32.4 Å². The molecule has 1 aliphatic rings. The SMILES string of the molecule is Cc1ncc(NC(=O)CN2CCCC(F)CC2)cc1NC(=O)c1cnc2[nH]c(-c3cnn(C)c3)cc2c1. The third-order valence-corrected chi connectivity index (χ3v) is 6.48. The van der Waals surface area contributed by atoms with Gasteiger partial charge >= 0.3 is 0 Å². The fourth-order valence-electron chi connectivity index (χ4n) is 4.45. The summed E-state index contributed by atoms with van der Waals surface area (Å²) in [6, 6.07) is 5.38. The lowest BCUT2D eigenvalue weighted by atomic mass is 10.2. The minimum atomic E-state index is -0.795. The largest absolute Gasteiger partial charge is 0.339 e. The van der Waals surface area contributed by atoms with Gasteiger partial charge in [0.05, 0.1) is 47.3 Å². The highest BCUT2D eigenvalue weighted by atomic mass is 19.1. The summed E-state index contributed by atoms with van der Waals surface area (Å²) in [5.41, 5.74) is 4.43. The van der Waals surface area contributed by atoms with E-state index in [-0.39, 0.29) is 18.4 Å². The first-order valence-electron chi connectivity index (χ1n) is 12.3. The molecule has 2 amide bonds. The zero-order valence-electron chi connectivity index (χ0n) is 20.8. The van der Waals surface area contributed by atoms with E-state index >= 15 is 0 Å². The predicted molar refractivity (Wildman–Crippen MR) is 139 cm³/mol. The van der Waals surface area contributed by atoms with E-state index in [1.165, 1.54) is 6.20 Å². The summed E-state index contributed by atoms with van der Waals surface area (Å²) < 4.78 is 15.3. The molecule has 0 aromatic carbocycles. The number of aryl methyl sites for hydroxylation is 2. The Balaban J connectivity index is 1.26. The summed E-state index contributed by atoms with van der Waals surface area (Å²) in [5, 5.41) is 10.7. The van der Waals surface area contributed by atoms with Crippen molar-refractivity contribution in [3.63, 3.8) is 0 Å². The highest BCUT2D eigenvalue weighted by molar-refractivity contribution is 6.06. The standard InChI is InChI=1S/C26H29FN8O2/c1-16-22(10-21(13-28-16)31-24(36)15-35-6-3-4-20(27)5-7-35)33-26(37)18-8-17-9-23(32-25(17)29-11-18)19-12-30-34(2)14-19/h8-14,20H,3-7,15H2,1-2H3,(H,29,32)(H,31,36)(H,33,37). The van der Waals surface area contributed by atoms with Gasteiger partial charge in [-0.3, -0.25) is 24.2 Å². The molecule has 1 saturated heterocycles. The molecule has 1 aliphatic heterocycles. The molecular weight excluding hydrogens is 475 g/mol. The Labute approximate surface area is 213 Å². The lowest BCUT2D eigenvalue weighted by Crippen LogP contribution is -2.34. The van der Waals surface area contributed by atoms with Crippen molar-refractivity contribution in [3.05, 3.63) is 54.2 Å². The Kier molecular flexibility index (Phi) is 6.95. The van der Waals surface area contributed by atoms with Crippen LogP contribution in [0.3, 0.4) is 0 Å². The second-order valence-electron chi connectivity index (χ2n) is 9.41. The van der Waals surface area contributed by atoms with Gasteiger partial charge in [-0.1, -0.05) is 0 Å². The average Bonchev–Trinajstić information content (AvgIpc) is 3.44. The van der Waals surface area contributed by atoms with Crippen molar-refractivity contribution in [1.82, 2.24) is 29.6 Å². The van der Waals surface area contributed by atoms with E-state index in [0.29, 0.717) is 54.2 Å². The van der Waals surface area contributed by atoms with Gasteiger partial charge in [-0.2, -0.15) is 5.10 Å². The number of anilines is 2. The summed E-state index contributed by atoms with van der Waals surface area (Å²) in [7, 11) is 1.85. The maximum absolute atomic E-state index is 13.6. The number of aromatic amines is 1. The number of carbonyl (C=O) groups is 2. The summed E-state index contributed by atoms with van der Waals surface area (Å²) >= 11 is 0. The van der Waals surface area contributed by atoms with Gasteiger partial charge in [0.1, 0.15) is 11.8 Å². The second-order valence-corrected chi connectivity index (χ2v) is 9.41. The number of nitrogens with one attached hydrogen (secondary N) is 3.